The molecule has 0 bridgehead atoms. The van der Waals surface area contributed by atoms with Gasteiger partial charge < -0.3 is 18.9 Å². The Hall–Kier alpha value is -3.26. The number of rotatable bonds is 6. The van der Waals surface area contributed by atoms with E-state index in [9.17, 15) is 14.4 Å². The maximum absolute atomic E-state index is 15.5. The summed E-state index contributed by atoms with van der Waals surface area (Å²) in [5.41, 5.74) is -1.85. The van der Waals surface area contributed by atoms with Crippen molar-refractivity contribution in [2.45, 2.75) is 38.0 Å². The first-order chi connectivity index (χ1) is 14.3. The molecule has 1 aliphatic rings. The molecule has 1 fully saturated rings. The lowest BCUT2D eigenvalue weighted by molar-refractivity contribution is -0.193. The van der Waals surface area contributed by atoms with Gasteiger partial charge in [-0.1, -0.05) is 36.4 Å². The van der Waals surface area contributed by atoms with Gasteiger partial charge in [-0.2, -0.15) is 0 Å². The van der Waals surface area contributed by atoms with Gasteiger partial charge in [0.2, 0.25) is 12.0 Å². The van der Waals surface area contributed by atoms with Gasteiger partial charge in [-0.25, -0.2) is 14.0 Å². The lowest BCUT2D eigenvalue weighted by Crippen LogP contribution is -2.46. The van der Waals surface area contributed by atoms with Crippen molar-refractivity contribution in [1.82, 2.24) is 0 Å². The zero-order chi connectivity index (χ0) is 21.7. The van der Waals surface area contributed by atoms with Gasteiger partial charge in [0.15, 0.2) is 6.10 Å². The van der Waals surface area contributed by atoms with Crippen LogP contribution in [-0.4, -0.2) is 48.7 Å². The minimum atomic E-state index is -2.36. The van der Waals surface area contributed by atoms with Gasteiger partial charge >= 0.3 is 17.9 Å². The highest BCUT2D eigenvalue weighted by Crippen LogP contribution is 2.38. The molecule has 0 N–H and O–H groups in total. The molecular formula is C22H21FO7. The van der Waals surface area contributed by atoms with Gasteiger partial charge in [-0.05, 0) is 31.2 Å². The van der Waals surface area contributed by atoms with Crippen molar-refractivity contribution in [3.05, 3.63) is 71.8 Å². The van der Waals surface area contributed by atoms with Gasteiger partial charge in [0.25, 0.3) is 0 Å². The van der Waals surface area contributed by atoms with Crippen molar-refractivity contribution in [3.8, 4) is 0 Å². The first-order valence-corrected chi connectivity index (χ1v) is 9.29. The van der Waals surface area contributed by atoms with Crippen LogP contribution in [0.25, 0.3) is 0 Å². The summed E-state index contributed by atoms with van der Waals surface area (Å²) < 4.78 is 36.4. The largest absolute Gasteiger partial charge is 0.459 e. The molecule has 7 nitrogen and oxygen atoms in total. The summed E-state index contributed by atoms with van der Waals surface area (Å²) in [5.74, 6) is -2.20. The molecular weight excluding hydrogens is 395 g/mol. The molecule has 0 saturated carbocycles. The Morgan fingerprint density at radius 1 is 0.933 bits per heavy atom. The van der Waals surface area contributed by atoms with E-state index in [4.69, 9.17) is 18.9 Å². The molecule has 30 heavy (non-hydrogen) atoms. The van der Waals surface area contributed by atoms with Crippen molar-refractivity contribution in [2.24, 2.45) is 0 Å². The summed E-state index contributed by atoms with van der Waals surface area (Å²) in [6.07, 6.45) is -4.27. The topological polar surface area (TPSA) is 88.1 Å². The van der Waals surface area contributed by atoms with Crippen molar-refractivity contribution in [2.75, 3.05) is 6.61 Å². The standard InChI is InChI=1S/C22H21FO7/c1-14(24)28-21-22(2,23)18(30-20(26)16-11-7-4-8-12-16)17(29-21)13-27-19(25)15-9-5-3-6-10-15/h3-12,17-18,21H,13H2,1-2H3/t17-,18+,21+,22?/m1/s1. The van der Waals surface area contributed by atoms with Crippen LogP contribution in [-0.2, 0) is 23.7 Å². The fourth-order valence-electron chi connectivity index (χ4n) is 3.05. The minimum Gasteiger partial charge on any atom is -0.459 e. The highest BCUT2D eigenvalue weighted by Gasteiger charge is 2.59. The number of carbonyl (C=O) groups is 3. The van der Waals surface area contributed by atoms with Gasteiger partial charge in [0.05, 0.1) is 11.1 Å². The average molecular weight is 416 g/mol. The molecule has 1 aliphatic heterocycles. The normalized spacial score (nSPS) is 25.4. The van der Waals surface area contributed by atoms with Crippen LogP contribution in [0.3, 0.4) is 0 Å². The summed E-state index contributed by atoms with van der Waals surface area (Å²) in [5, 5.41) is 0. The van der Waals surface area contributed by atoms with E-state index in [1.54, 1.807) is 48.5 Å². The second kappa shape index (κ2) is 9.04. The molecule has 0 aliphatic carbocycles. The molecule has 2 aromatic carbocycles. The van der Waals surface area contributed by atoms with Crippen LogP contribution in [0.4, 0.5) is 4.39 Å². The average Bonchev–Trinajstić information content (AvgIpc) is 2.96. The summed E-state index contributed by atoms with van der Waals surface area (Å²) in [6.45, 7) is 1.80. The highest BCUT2D eigenvalue weighted by atomic mass is 19.1. The molecule has 158 valence electrons. The van der Waals surface area contributed by atoms with Crippen molar-refractivity contribution in [3.63, 3.8) is 0 Å². The molecule has 1 unspecified atom stereocenters. The molecule has 1 saturated heterocycles. The predicted octanol–water partition coefficient (Wildman–Crippen LogP) is 3.09. The molecule has 0 amide bonds. The Bertz CT molecular complexity index is 898. The van der Waals surface area contributed by atoms with Gasteiger partial charge in [-0.3, -0.25) is 4.79 Å². The third kappa shape index (κ3) is 4.83. The van der Waals surface area contributed by atoms with Crippen molar-refractivity contribution >= 4 is 17.9 Å². The van der Waals surface area contributed by atoms with Gasteiger partial charge in [-0.15, -0.1) is 0 Å². The second-order valence-electron chi connectivity index (χ2n) is 6.92. The molecule has 1 heterocycles. The van der Waals surface area contributed by atoms with Crippen LogP contribution in [0, 0.1) is 0 Å². The lowest BCUT2D eigenvalue weighted by Gasteiger charge is -2.26. The number of hydrogen-bond acceptors (Lipinski definition) is 7. The third-order valence-corrected chi connectivity index (χ3v) is 4.56. The first kappa shape index (κ1) is 21.4. The van der Waals surface area contributed by atoms with Crippen LogP contribution < -0.4 is 0 Å². The number of esters is 3. The predicted molar refractivity (Wildman–Crippen MR) is 102 cm³/mol. The van der Waals surface area contributed by atoms with Gasteiger partial charge in [0.1, 0.15) is 12.7 Å². The minimum absolute atomic E-state index is 0.212. The van der Waals surface area contributed by atoms with E-state index >= 15 is 4.39 Å². The Labute approximate surface area is 172 Å². The first-order valence-electron chi connectivity index (χ1n) is 9.29. The van der Waals surface area contributed by atoms with E-state index in [-0.39, 0.29) is 5.56 Å². The zero-order valence-electron chi connectivity index (χ0n) is 16.4. The summed E-state index contributed by atoms with van der Waals surface area (Å²) in [6, 6.07) is 16.2. The summed E-state index contributed by atoms with van der Waals surface area (Å²) >= 11 is 0. The maximum Gasteiger partial charge on any atom is 0.338 e. The molecule has 3 rings (SSSR count). The fourth-order valence-corrected chi connectivity index (χ4v) is 3.05. The fraction of sp³-hybridized carbons (Fsp3) is 0.318. The van der Waals surface area contributed by atoms with E-state index in [1.807, 2.05) is 0 Å². The van der Waals surface area contributed by atoms with Gasteiger partial charge in [0, 0.05) is 6.92 Å². The molecule has 0 radical (unpaired) electrons. The molecule has 2 aromatic rings. The lowest BCUT2D eigenvalue weighted by atomic mass is 9.99. The molecule has 4 atom stereocenters. The van der Waals surface area contributed by atoms with Crippen LogP contribution in [0.15, 0.2) is 60.7 Å². The van der Waals surface area contributed by atoms with E-state index in [0.29, 0.717) is 5.56 Å². The SMILES string of the molecule is CC(=O)O[C@H]1O[C@H](COC(=O)c2ccccc2)[C@H](OC(=O)c2ccccc2)C1(C)F. The van der Waals surface area contributed by atoms with Crippen LogP contribution >= 0.6 is 0 Å². The molecule has 8 heteroatoms. The number of ether oxygens (including phenoxy) is 4. The molecule has 0 spiro atoms. The van der Waals surface area contributed by atoms with Crippen LogP contribution in [0.2, 0.25) is 0 Å². The van der Waals surface area contributed by atoms with Crippen LogP contribution in [0.5, 0.6) is 0 Å². The van der Waals surface area contributed by atoms with E-state index in [2.05, 4.69) is 0 Å². The van der Waals surface area contributed by atoms with Crippen molar-refractivity contribution < 1.29 is 37.7 Å². The number of halogens is 1. The number of hydrogen-bond donors (Lipinski definition) is 0. The number of carbonyl (C=O) groups excluding carboxylic acids is 3. The second-order valence-corrected chi connectivity index (χ2v) is 6.92. The number of benzene rings is 2. The smallest absolute Gasteiger partial charge is 0.338 e. The van der Waals surface area contributed by atoms with Crippen molar-refractivity contribution in [1.29, 1.82) is 0 Å². The molecule has 0 aromatic heterocycles. The van der Waals surface area contributed by atoms with E-state index in [1.165, 1.54) is 12.1 Å². The quantitative estimate of drug-likeness (QED) is 0.528. The Balaban J connectivity index is 1.76. The Morgan fingerprint density at radius 2 is 1.47 bits per heavy atom. The Morgan fingerprint density at radius 3 is 2.00 bits per heavy atom. The monoisotopic (exact) mass is 416 g/mol. The highest BCUT2D eigenvalue weighted by molar-refractivity contribution is 5.90. The zero-order valence-corrected chi connectivity index (χ0v) is 16.4. The van der Waals surface area contributed by atoms with Crippen LogP contribution in [0.1, 0.15) is 34.6 Å². The summed E-state index contributed by atoms with van der Waals surface area (Å²) in [4.78, 5) is 36.0. The third-order valence-electron chi connectivity index (χ3n) is 4.56. The summed E-state index contributed by atoms with van der Waals surface area (Å²) in [7, 11) is 0. The van der Waals surface area contributed by atoms with E-state index < -0.39 is 48.7 Å². The Kier molecular flexibility index (Phi) is 6.47. The maximum atomic E-state index is 15.5. The number of alkyl halides is 1. The van der Waals surface area contributed by atoms with E-state index in [0.717, 1.165) is 13.8 Å².